The van der Waals surface area contributed by atoms with E-state index in [4.69, 9.17) is 21.3 Å². The molecule has 3 aliphatic rings. The standard InChI is InChI=1S/C29H29ClN3O2.C9H6F3N4O2.Mn/c1-18-6-3-4-7-20(18)21-8-5-9-22(27(21)30)23-16-19-10-11-24(26(19)28(31-23)35-2)33-15-14-29(17-33)13-12-25(34)32-29;1-15-5-4(6(17)16(2)8(15)18)3-13-7(14-5)9(10,11)12;/h3-5,7-9,16,24H,10-15,17H2,1-2H3,(H,32,34);1-2H3;/q2*-1;+2/t24-,29+;;/m1../s1. The summed E-state index contributed by atoms with van der Waals surface area (Å²) in [6.45, 7) is 3.93. The molecule has 54 heavy (non-hydrogen) atoms. The molecule has 0 saturated carbocycles. The van der Waals surface area contributed by atoms with Gasteiger partial charge in [0.15, 0.2) is 11.4 Å². The maximum atomic E-state index is 12.4. The Morgan fingerprint density at radius 3 is 2.44 bits per heavy atom. The van der Waals surface area contributed by atoms with Crippen LogP contribution in [-0.4, -0.2) is 60.6 Å². The molecule has 1 spiro atoms. The summed E-state index contributed by atoms with van der Waals surface area (Å²) in [5.74, 6) is -0.578. The van der Waals surface area contributed by atoms with Gasteiger partial charge >= 0.3 is 28.9 Å². The predicted molar refractivity (Wildman–Crippen MR) is 191 cm³/mol. The maximum absolute atomic E-state index is 12.4. The van der Waals surface area contributed by atoms with Gasteiger partial charge in [-0.1, -0.05) is 42.3 Å². The van der Waals surface area contributed by atoms with Gasteiger partial charge in [0.2, 0.25) is 11.8 Å². The molecule has 2 aliphatic heterocycles. The third kappa shape index (κ3) is 7.05. The summed E-state index contributed by atoms with van der Waals surface area (Å²) in [4.78, 5) is 48.7. The van der Waals surface area contributed by atoms with Crippen molar-refractivity contribution in [2.24, 2.45) is 14.1 Å². The number of alkyl halides is 3. The fourth-order valence-corrected chi connectivity index (χ4v) is 7.99. The normalized spacial score (nSPS) is 19.3. The Labute approximate surface area is 324 Å². The fourth-order valence-electron chi connectivity index (χ4n) is 7.66. The van der Waals surface area contributed by atoms with Gasteiger partial charge in [-0.15, -0.1) is 5.56 Å². The molecular weight excluding hydrogens is 766 g/mol. The van der Waals surface area contributed by atoms with Crippen LogP contribution in [0.2, 0.25) is 5.02 Å². The number of hydrogen-bond donors (Lipinski definition) is 1. The Bertz CT molecular complexity index is 2400. The molecule has 8 rings (SSSR count). The van der Waals surface area contributed by atoms with Crippen molar-refractivity contribution in [3.63, 3.8) is 0 Å². The maximum Gasteiger partial charge on any atom is 2.00 e. The molecule has 2 atom stereocenters. The monoisotopic (exact) mass is 800 g/mol. The first-order chi connectivity index (χ1) is 25.2. The van der Waals surface area contributed by atoms with Crippen LogP contribution in [0.5, 0.6) is 5.88 Å². The Kier molecular flexibility index (Phi) is 10.8. The van der Waals surface area contributed by atoms with Crippen LogP contribution in [0.1, 0.15) is 54.2 Å². The number of amides is 1. The summed E-state index contributed by atoms with van der Waals surface area (Å²) in [6.07, 6.45) is 1.82. The first kappa shape index (κ1) is 39.1. The molecule has 2 saturated heterocycles. The SMILES string of the molecule is COc1nc(-c2cccc(-c3ccc[c-]c3C)c2Cl)cc2c1[C@H](N1CC[C@@]3(CCC(=O)N3)C1)CC2.Cn1c(=O)c2[c-]nc(C(F)(F)F)nc2n(C)c1=O.[Mn+2]. The minimum absolute atomic E-state index is 0. The summed E-state index contributed by atoms with van der Waals surface area (Å²) in [6, 6.07) is 17.8. The first-order valence-corrected chi connectivity index (χ1v) is 17.4. The quantitative estimate of drug-likeness (QED) is 0.190. The van der Waals surface area contributed by atoms with Crippen molar-refractivity contribution in [3.05, 3.63) is 103 Å². The summed E-state index contributed by atoms with van der Waals surface area (Å²) >= 11 is 6.97. The molecule has 5 aromatic rings. The van der Waals surface area contributed by atoms with Crippen LogP contribution >= 0.6 is 11.6 Å². The van der Waals surface area contributed by atoms with Crippen LogP contribution in [0.25, 0.3) is 33.4 Å². The molecule has 1 radical (unpaired) electrons. The third-order valence-electron chi connectivity index (χ3n) is 10.4. The number of halogens is 4. The van der Waals surface area contributed by atoms with Gasteiger partial charge in [-0.05, 0) is 48.9 Å². The number of ether oxygens (including phenoxy) is 1. The Morgan fingerprint density at radius 1 is 1.02 bits per heavy atom. The van der Waals surface area contributed by atoms with E-state index in [1.807, 2.05) is 36.5 Å². The topological polar surface area (TPSA) is 124 Å². The number of nitrogens with one attached hydrogen (secondary N) is 1. The Hall–Kier alpha value is -4.56. The molecule has 3 aromatic heterocycles. The molecule has 11 nitrogen and oxygen atoms in total. The van der Waals surface area contributed by atoms with E-state index in [-0.39, 0.29) is 39.9 Å². The molecule has 1 amide bonds. The van der Waals surface area contributed by atoms with E-state index in [1.54, 1.807) is 7.11 Å². The predicted octanol–water partition coefficient (Wildman–Crippen LogP) is 5.37. The van der Waals surface area contributed by atoms with Crippen LogP contribution in [-0.2, 0) is 48.6 Å². The van der Waals surface area contributed by atoms with E-state index in [9.17, 15) is 27.6 Å². The molecule has 16 heteroatoms. The van der Waals surface area contributed by atoms with Gasteiger partial charge in [-0.3, -0.25) is 9.69 Å². The molecule has 5 heterocycles. The number of hydrogen-bond acceptors (Lipinski definition) is 8. The number of pyridine rings is 1. The van der Waals surface area contributed by atoms with E-state index in [1.165, 1.54) is 25.2 Å². The van der Waals surface area contributed by atoms with Gasteiger partial charge in [0.25, 0.3) is 0 Å². The number of carbonyl (C=O) groups is 1. The molecular formula is C38H35ClF3MnN7O4. The second-order valence-electron chi connectivity index (χ2n) is 13.6. The van der Waals surface area contributed by atoms with Crippen LogP contribution in [0.15, 0.2) is 52.1 Å². The number of nitrogens with zero attached hydrogens (tertiary/aromatic N) is 6. The number of fused-ring (bicyclic) bond motifs is 2. The van der Waals surface area contributed by atoms with E-state index >= 15 is 0 Å². The van der Waals surface area contributed by atoms with Gasteiger partial charge in [-0.2, -0.15) is 43.0 Å². The van der Waals surface area contributed by atoms with Crippen molar-refractivity contribution in [3.8, 4) is 28.3 Å². The number of aromatic nitrogens is 5. The number of carbonyl (C=O) groups excluding carboxylic acids is 1. The minimum Gasteiger partial charge on any atom is -0.481 e. The fraction of sp³-hybridized carbons (Fsp3) is 0.368. The number of likely N-dealkylation sites (tertiary alicyclic amines) is 1. The van der Waals surface area contributed by atoms with E-state index in [0.29, 0.717) is 17.3 Å². The summed E-state index contributed by atoms with van der Waals surface area (Å²) in [5.41, 5.74) is 5.33. The van der Waals surface area contributed by atoms with Crippen molar-refractivity contribution in [2.75, 3.05) is 20.2 Å². The molecule has 0 unspecified atom stereocenters. The number of rotatable bonds is 4. The third-order valence-corrected chi connectivity index (χ3v) is 10.8. The zero-order valence-corrected chi connectivity index (χ0v) is 31.7. The van der Waals surface area contributed by atoms with Crippen LogP contribution in [0, 0.1) is 19.2 Å². The van der Waals surface area contributed by atoms with Crippen molar-refractivity contribution in [1.29, 1.82) is 0 Å². The van der Waals surface area contributed by atoms with E-state index in [0.717, 1.165) is 75.9 Å². The average molecular weight is 801 g/mol. The van der Waals surface area contributed by atoms with Crippen LogP contribution < -0.4 is 21.3 Å². The largest absolute Gasteiger partial charge is 2.00 e. The van der Waals surface area contributed by atoms with Crippen molar-refractivity contribution in [2.45, 2.75) is 56.8 Å². The molecule has 2 fully saturated rings. The number of methoxy groups -OCH3 is 1. The second kappa shape index (κ2) is 14.9. The van der Waals surface area contributed by atoms with Crippen LogP contribution in [0.3, 0.4) is 0 Å². The Morgan fingerprint density at radius 2 is 1.76 bits per heavy atom. The Balaban J connectivity index is 0.000000222. The van der Waals surface area contributed by atoms with Crippen molar-refractivity contribution in [1.82, 2.24) is 34.3 Å². The molecule has 281 valence electrons. The zero-order valence-electron chi connectivity index (χ0n) is 29.8. The van der Waals surface area contributed by atoms with Gasteiger partial charge in [0.1, 0.15) is 0 Å². The summed E-state index contributed by atoms with van der Waals surface area (Å²) < 4.78 is 44.7. The van der Waals surface area contributed by atoms with E-state index in [2.05, 4.69) is 45.3 Å². The van der Waals surface area contributed by atoms with Gasteiger partial charge in [0, 0.05) is 55.8 Å². The number of aryl methyl sites for hydroxylation is 3. The zero-order chi connectivity index (χ0) is 37.8. The van der Waals surface area contributed by atoms with Crippen molar-refractivity contribution >= 4 is 28.5 Å². The minimum atomic E-state index is -4.76. The summed E-state index contributed by atoms with van der Waals surface area (Å²) in [5, 5.41) is 3.67. The van der Waals surface area contributed by atoms with Crippen LogP contribution in [0.4, 0.5) is 13.2 Å². The van der Waals surface area contributed by atoms with E-state index < -0.39 is 28.9 Å². The number of benzene rings is 2. The summed E-state index contributed by atoms with van der Waals surface area (Å²) in [7, 11) is 4.12. The van der Waals surface area contributed by atoms with Gasteiger partial charge in [-0.25, -0.2) is 9.78 Å². The van der Waals surface area contributed by atoms with Crippen molar-refractivity contribution < 1.29 is 39.8 Å². The molecule has 1 aliphatic carbocycles. The molecule has 1 N–H and O–H groups in total. The second-order valence-corrected chi connectivity index (χ2v) is 14.0. The van der Waals surface area contributed by atoms with Gasteiger partial charge < -0.3 is 34.0 Å². The first-order valence-electron chi connectivity index (χ1n) is 17.0. The molecule has 2 aromatic carbocycles. The molecule has 0 bridgehead atoms. The smallest absolute Gasteiger partial charge is 0.481 e. The van der Waals surface area contributed by atoms with Gasteiger partial charge in [0.05, 0.1) is 24.0 Å². The average Bonchev–Trinajstić information content (AvgIpc) is 3.87.